The van der Waals surface area contributed by atoms with Crippen LogP contribution < -0.4 is 0 Å². The zero-order chi connectivity index (χ0) is 17.4. The van der Waals surface area contributed by atoms with Gasteiger partial charge in [-0.1, -0.05) is 24.3 Å². The molecule has 1 saturated heterocycles. The highest BCUT2D eigenvalue weighted by Crippen LogP contribution is 2.39. The highest BCUT2D eigenvalue weighted by molar-refractivity contribution is 6.54. The van der Waals surface area contributed by atoms with E-state index in [2.05, 4.69) is 9.97 Å². The van der Waals surface area contributed by atoms with E-state index in [-0.39, 0.29) is 0 Å². The second-order valence-electron chi connectivity index (χ2n) is 6.87. The zero-order valence-electron chi connectivity index (χ0n) is 14.3. The molecule has 0 bridgehead atoms. The van der Waals surface area contributed by atoms with Crippen LogP contribution in [0.25, 0.3) is 17.2 Å². The molecule has 0 amide bonds. The maximum atomic E-state index is 14.5. The van der Waals surface area contributed by atoms with E-state index in [1.807, 2.05) is 52.0 Å². The average molecular weight is 326 g/mol. The third-order valence-electron chi connectivity index (χ3n) is 4.59. The Morgan fingerprint density at radius 3 is 2.04 bits per heavy atom. The Balaban J connectivity index is 1.77. The minimum absolute atomic E-state index is 0.440. The third kappa shape index (κ3) is 3.25. The molecule has 3 rings (SSSR count). The fourth-order valence-corrected chi connectivity index (χ4v) is 2.40. The van der Waals surface area contributed by atoms with Crippen molar-refractivity contribution < 1.29 is 13.7 Å². The van der Waals surface area contributed by atoms with Crippen molar-refractivity contribution >= 4 is 13.2 Å². The maximum Gasteiger partial charge on any atom is 0.525 e. The number of aromatic nitrogens is 2. The SMILES string of the molecule is CC1(C)OB(C(F)=Cc2ccc(-c3cncnc3)cc2)OC1(C)C. The molecule has 4 nitrogen and oxygen atoms in total. The van der Waals surface area contributed by atoms with Crippen molar-refractivity contribution in [3.8, 4) is 11.1 Å². The molecular formula is C18H20BFN2O2. The number of nitrogens with zero attached hydrogens (tertiary/aromatic N) is 2. The average Bonchev–Trinajstić information content (AvgIpc) is 2.77. The lowest BCUT2D eigenvalue weighted by Crippen LogP contribution is -2.41. The Morgan fingerprint density at radius 2 is 1.50 bits per heavy atom. The van der Waals surface area contributed by atoms with Gasteiger partial charge >= 0.3 is 7.12 Å². The molecule has 1 fully saturated rings. The van der Waals surface area contributed by atoms with Crippen LogP contribution in [0.1, 0.15) is 33.3 Å². The van der Waals surface area contributed by atoms with Crippen molar-refractivity contribution in [3.05, 3.63) is 54.3 Å². The number of hydrogen-bond acceptors (Lipinski definition) is 4. The smallest absolute Gasteiger partial charge is 0.398 e. The predicted molar refractivity (Wildman–Crippen MR) is 92.6 cm³/mol. The fraction of sp³-hybridized carbons (Fsp3) is 0.333. The zero-order valence-corrected chi connectivity index (χ0v) is 14.3. The molecule has 0 saturated carbocycles. The molecule has 0 atom stereocenters. The van der Waals surface area contributed by atoms with Crippen molar-refractivity contribution in [3.63, 3.8) is 0 Å². The second-order valence-corrected chi connectivity index (χ2v) is 6.87. The van der Waals surface area contributed by atoms with Crippen LogP contribution in [0.15, 0.2) is 48.7 Å². The number of benzene rings is 1. The van der Waals surface area contributed by atoms with Crippen LogP contribution in [0.3, 0.4) is 0 Å². The van der Waals surface area contributed by atoms with Gasteiger partial charge in [0.25, 0.3) is 0 Å². The Bertz CT molecular complexity index is 729. The molecule has 0 radical (unpaired) electrons. The molecule has 0 spiro atoms. The molecule has 1 aliphatic rings. The molecule has 1 aromatic carbocycles. The molecule has 124 valence electrons. The van der Waals surface area contributed by atoms with Gasteiger partial charge in [-0.25, -0.2) is 14.4 Å². The summed E-state index contributed by atoms with van der Waals surface area (Å²) in [7, 11) is -0.975. The standard InChI is InChI=1S/C18H20BFN2O2/c1-17(2)18(3,4)24-19(23-17)16(20)9-13-5-7-14(8-6-13)15-10-21-12-22-11-15/h5-12H,1-4H3. The Morgan fingerprint density at radius 1 is 0.958 bits per heavy atom. The summed E-state index contributed by atoms with van der Waals surface area (Å²) >= 11 is 0. The molecule has 1 aliphatic heterocycles. The largest absolute Gasteiger partial charge is 0.525 e. The summed E-state index contributed by atoms with van der Waals surface area (Å²) < 4.78 is 25.9. The molecular weight excluding hydrogens is 306 g/mol. The van der Waals surface area contributed by atoms with Crippen molar-refractivity contribution in [2.45, 2.75) is 38.9 Å². The van der Waals surface area contributed by atoms with E-state index in [0.717, 1.165) is 16.7 Å². The first-order valence-electron chi connectivity index (χ1n) is 7.87. The van der Waals surface area contributed by atoms with E-state index in [0.29, 0.717) is 0 Å². The van der Waals surface area contributed by atoms with Gasteiger partial charge in [-0.3, -0.25) is 0 Å². The van der Waals surface area contributed by atoms with E-state index in [4.69, 9.17) is 9.31 Å². The minimum Gasteiger partial charge on any atom is -0.398 e. The first kappa shape index (κ1) is 16.8. The van der Waals surface area contributed by atoms with Crippen LogP contribution >= 0.6 is 0 Å². The van der Waals surface area contributed by atoms with Gasteiger partial charge in [0.1, 0.15) is 12.1 Å². The van der Waals surface area contributed by atoms with E-state index in [9.17, 15) is 4.39 Å². The first-order chi connectivity index (χ1) is 11.3. The summed E-state index contributed by atoms with van der Waals surface area (Å²) in [5.41, 5.74) is 1.08. The lowest BCUT2D eigenvalue weighted by atomic mass is 9.86. The van der Waals surface area contributed by atoms with E-state index in [1.54, 1.807) is 12.4 Å². The van der Waals surface area contributed by atoms with Crippen LogP contribution in [0.5, 0.6) is 0 Å². The van der Waals surface area contributed by atoms with Crippen molar-refractivity contribution in [2.24, 2.45) is 0 Å². The molecule has 24 heavy (non-hydrogen) atoms. The number of rotatable bonds is 3. The summed E-state index contributed by atoms with van der Waals surface area (Å²) in [6.07, 6.45) is 6.40. The van der Waals surface area contributed by atoms with Gasteiger partial charge in [-0.2, -0.15) is 0 Å². The topological polar surface area (TPSA) is 44.2 Å². The van der Waals surface area contributed by atoms with Crippen LogP contribution in [0.4, 0.5) is 4.39 Å². The summed E-state index contributed by atoms with van der Waals surface area (Å²) in [5, 5.41) is 0. The number of hydrogen-bond donors (Lipinski definition) is 0. The summed E-state index contributed by atoms with van der Waals surface area (Å²) in [6.45, 7) is 7.60. The van der Waals surface area contributed by atoms with Gasteiger partial charge in [-0.05, 0) is 44.9 Å². The highest BCUT2D eigenvalue weighted by Gasteiger charge is 2.53. The molecule has 2 heterocycles. The molecule has 0 aliphatic carbocycles. The van der Waals surface area contributed by atoms with Crippen LogP contribution in [-0.4, -0.2) is 28.3 Å². The van der Waals surface area contributed by atoms with Crippen LogP contribution in [0, 0.1) is 0 Å². The van der Waals surface area contributed by atoms with Gasteiger partial charge in [0.2, 0.25) is 0 Å². The first-order valence-corrected chi connectivity index (χ1v) is 7.87. The van der Waals surface area contributed by atoms with Crippen molar-refractivity contribution in [1.29, 1.82) is 0 Å². The van der Waals surface area contributed by atoms with Gasteiger partial charge in [0.05, 0.1) is 11.2 Å². The quantitative estimate of drug-likeness (QED) is 0.797. The van der Waals surface area contributed by atoms with Crippen LogP contribution in [0.2, 0.25) is 0 Å². The van der Waals surface area contributed by atoms with E-state index >= 15 is 0 Å². The molecule has 0 N–H and O–H groups in total. The molecule has 6 heteroatoms. The lowest BCUT2D eigenvalue weighted by Gasteiger charge is -2.32. The second kappa shape index (κ2) is 6.11. The monoisotopic (exact) mass is 326 g/mol. The normalized spacial score (nSPS) is 19.5. The Kier molecular flexibility index (Phi) is 4.28. The lowest BCUT2D eigenvalue weighted by molar-refractivity contribution is 0.00578. The molecule has 0 unspecified atom stereocenters. The molecule has 1 aromatic heterocycles. The van der Waals surface area contributed by atoms with Crippen molar-refractivity contribution in [1.82, 2.24) is 9.97 Å². The van der Waals surface area contributed by atoms with Crippen molar-refractivity contribution in [2.75, 3.05) is 0 Å². The van der Waals surface area contributed by atoms with Gasteiger partial charge in [-0.15, -0.1) is 0 Å². The van der Waals surface area contributed by atoms with E-state index in [1.165, 1.54) is 12.4 Å². The fourth-order valence-electron chi connectivity index (χ4n) is 2.40. The van der Waals surface area contributed by atoms with Crippen LogP contribution in [-0.2, 0) is 9.31 Å². The number of halogens is 1. The van der Waals surface area contributed by atoms with Gasteiger partial charge in [0.15, 0.2) is 0 Å². The Hall–Kier alpha value is -2.05. The minimum atomic E-state index is -0.975. The summed E-state index contributed by atoms with van der Waals surface area (Å²) in [5.74, 6) is 0. The maximum absolute atomic E-state index is 14.5. The highest BCUT2D eigenvalue weighted by atomic mass is 19.1. The Labute approximate surface area is 141 Å². The third-order valence-corrected chi connectivity index (χ3v) is 4.59. The van der Waals surface area contributed by atoms with E-state index < -0.39 is 24.0 Å². The summed E-state index contributed by atoms with van der Waals surface area (Å²) in [6, 6.07) is 7.49. The summed E-state index contributed by atoms with van der Waals surface area (Å²) in [4.78, 5) is 7.99. The molecule has 2 aromatic rings. The predicted octanol–water partition coefficient (Wildman–Crippen LogP) is 4.09. The van der Waals surface area contributed by atoms with Gasteiger partial charge < -0.3 is 9.31 Å². The van der Waals surface area contributed by atoms with Gasteiger partial charge in [0, 0.05) is 18.0 Å².